The van der Waals surface area contributed by atoms with Crippen LogP contribution in [-0.2, 0) is 7.05 Å². The molecule has 82 valence electrons. The second kappa shape index (κ2) is 3.89. The lowest BCUT2D eigenvalue weighted by molar-refractivity contribution is 0.103. The summed E-state index contributed by atoms with van der Waals surface area (Å²) in [6, 6.07) is 5.79. The summed E-state index contributed by atoms with van der Waals surface area (Å²) in [5.41, 5.74) is 1.44. The number of aromatic nitrogens is 2. The summed E-state index contributed by atoms with van der Waals surface area (Å²) in [6.07, 6.45) is 1.68. The van der Waals surface area contributed by atoms with E-state index < -0.39 is 5.82 Å². The zero-order valence-corrected chi connectivity index (χ0v) is 9.07. The van der Waals surface area contributed by atoms with E-state index in [2.05, 4.69) is 5.10 Å². The van der Waals surface area contributed by atoms with Gasteiger partial charge in [-0.15, -0.1) is 0 Å². The normalized spacial score (nSPS) is 10.4. The van der Waals surface area contributed by atoms with Crippen molar-refractivity contribution < 1.29 is 9.18 Å². The van der Waals surface area contributed by atoms with E-state index in [1.165, 1.54) is 12.1 Å². The SMILES string of the molecule is Cc1ccc(F)cc1C(=O)c1ccn(C)n1. The molecular formula is C12H11FN2O. The van der Waals surface area contributed by atoms with E-state index in [0.29, 0.717) is 11.3 Å². The molecule has 0 aliphatic carbocycles. The number of hydrogen-bond acceptors (Lipinski definition) is 2. The Balaban J connectivity index is 2.45. The predicted molar refractivity (Wildman–Crippen MR) is 57.8 cm³/mol. The Morgan fingerprint density at radius 1 is 1.38 bits per heavy atom. The van der Waals surface area contributed by atoms with E-state index in [4.69, 9.17) is 0 Å². The quantitative estimate of drug-likeness (QED) is 0.723. The van der Waals surface area contributed by atoms with Crippen molar-refractivity contribution in [3.8, 4) is 0 Å². The molecule has 0 saturated carbocycles. The average Bonchev–Trinajstić information content (AvgIpc) is 2.67. The van der Waals surface area contributed by atoms with Crippen LogP contribution in [0.15, 0.2) is 30.5 Å². The highest BCUT2D eigenvalue weighted by Gasteiger charge is 2.14. The van der Waals surface area contributed by atoms with Crippen molar-refractivity contribution in [3.05, 3.63) is 53.1 Å². The van der Waals surface area contributed by atoms with Gasteiger partial charge >= 0.3 is 0 Å². The Kier molecular flexibility index (Phi) is 2.56. The number of halogens is 1. The number of hydrogen-bond donors (Lipinski definition) is 0. The molecule has 2 rings (SSSR count). The summed E-state index contributed by atoms with van der Waals surface area (Å²) in [4.78, 5) is 12.0. The van der Waals surface area contributed by atoms with E-state index in [1.807, 2.05) is 0 Å². The van der Waals surface area contributed by atoms with Crippen LogP contribution in [0.2, 0.25) is 0 Å². The second-order valence-electron chi connectivity index (χ2n) is 3.66. The van der Waals surface area contributed by atoms with Crippen LogP contribution in [0.4, 0.5) is 4.39 Å². The first-order valence-electron chi connectivity index (χ1n) is 4.88. The van der Waals surface area contributed by atoms with E-state index in [-0.39, 0.29) is 5.78 Å². The van der Waals surface area contributed by atoms with Crippen LogP contribution < -0.4 is 0 Å². The first-order chi connectivity index (χ1) is 7.58. The molecule has 0 aliphatic rings. The number of aryl methyl sites for hydroxylation is 2. The molecule has 0 spiro atoms. The van der Waals surface area contributed by atoms with Crippen LogP contribution in [0.1, 0.15) is 21.6 Å². The average molecular weight is 218 g/mol. The maximum absolute atomic E-state index is 13.1. The molecule has 2 aromatic rings. The van der Waals surface area contributed by atoms with Gasteiger partial charge in [0, 0.05) is 18.8 Å². The largest absolute Gasteiger partial charge is 0.287 e. The number of nitrogens with zero attached hydrogens (tertiary/aromatic N) is 2. The zero-order chi connectivity index (χ0) is 11.7. The predicted octanol–water partition coefficient (Wildman–Crippen LogP) is 2.10. The second-order valence-corrected chi connectivity index (χ2v) is 3.66. The van der Waals surface area contributed by atoms with Gasteiger partial charge in [-0.1, -0.05) is 6.07 Å². The van der Waals surface area contributed by atoms with Gasteiger partial charge in [0.2, 0.25) is 5.78 Å². The molecule has 0 amide bonds. The minimum absolute atomic E-state index is 0.252. The van der Waals surface area contributed by atoms with Gasteiger partial charge in [0.25, 0.3) is 0 Å². The molecule has 1 aromatic carbocycles. The van der Waals surface area contributed by atoms with Gasteiger partial charge in [-0.2, -0.15) is 5.10 Å². The van der Waals surface area contributed by atoms with Gasteiger partial charge < -0.3 is 0 Å². The van der Waals surface area contributed by atoms with E-state index in [0.717, 1.165) is 5.56 Å². The molecule has 16 heavy (non-hydrogen) atoms. The Labute approximate surface area is 92.5 Å². The van der Waals surface area contributed by atoms with Gasteiger partial charge in [-0.3, -0.25) is 9.48 Å². The summed E-state index contributed by atoms with van der Waals surface area (Å²) < 4.78 is 14.6. The first-order valence-corrected chi connectivity index (χ1v) is 4.88. The molecule has 1 aromatic heterocycles. The van der Waals surface area contributed by atoms with Crippen LogP contribution >= 0.6 is 0 Å². The van der Waals surface area contributed by atoms with E-state index in [9.17, 15) is 9.18 Å². The topological polar surface area (TPSA) is 34.9 Å². The van der Waals surface area contributed by atoms with Crippen LogP contribution in [0.3, 0.4) is 0 Å². The molecule has 0 radical (unpaired) electrons. The van der Waals surface area contributed by atoms with Crippen molar-refractivity contribution in [3.63, 3.8) is 0 Å². The monoisotopic (exact) mass is 218 g/mol. The van der Waals surface area contributed by atoms with Gasteiger partial charge in [-0.25, -0.2) is 4.39 Å². The Morgan fingerprint density at radius 3 is 2.75 bits per heavy atom. The van der Waals surface area contributed by atoms with Crippen LogP contribution in [0, 0.1) is 12.7 Å². The lowest BCUT2D eigenvalue weighted by Gasteiger charge is -2.02. The van der Waals surface area contributed by atoms with Crippen molar-refractivity contribution in [1.29, 1.82) is 0 Å². The van der Waals surface area contributed by atoms with Crippen molar-refractivity contribution in [2.45, 2.75) is 6.92 Å². The lowest BCUT2D eigenvalue weighted by Crippen LogP contribution is -2.06. The van der Waals surface area contributed by atoms with Gasteiger partial charge in [0.1, 0.15) is 11.5 Å². The highest BCUT2D eigenvalue weighted by Crippen LogP contribution is 2.14. The molecule has 3 nitrogen and oxygen atoms in total. The van der Waals surface area contributed by atoms with Gasteiger partial charge in [0.15, 0.2) is 0 Å². The molecular weight excluding hydrogens is 207 g/mol. The fraction of sp³-hybridized carbons (Fsp3) is 0.167. The number of rotatable bonds is 2. The molecule has 0 fully saturated rings. The number of carbonyl (C=O) groups excluding carboxylic acids is 1. The smallest absolute Gasteiger partial charge is 0.213 e. The molecule has 0 unspecified atom stereocenters. The third-order valence-corrected chi connectivity index (χ3v) is 2.39. The minimum Gasteiger partial charge on any atom is -0.287 e. The maximum atomic E-state index is 13.1. The van der Waals surface area contributed by atoms with Crippen LogP contribution in [0.25, 0.3) is 0 Å². The third-order valence-electron chi connectivity index (χ3n) is 2.39. The summed E-state index contributed by atoms with van der Waals surface area (Å²) >= 11 is 0. The van der Waals surface area contributed by atoms with Crippen LogP contribution in [0.5, 0.6) is 0 Å². The van der Waals surface area contributed by atoms with E-state index >= 15 is 0 Å². The van der Waals surface area contributed by atoms with Crippen LogP contribution in [-0.4, -0.2) is 15.6 Å². The minimum atomic E-state index is -0.412. The van der Waals surface area contributed by atoms with Crippen molar-refractivity contribution in [2.24, 2.45) is 7.05 Å². The zero-order valence-electron chi connectivity index (χ0n) is 9.07. The van der Waals surface area contributed by atoms with Crippen molar-refractivity contribution in [2.75, 3.05) is 0 Å². The Bertz CT molecular complexity index is 546. The first kappa shape index (κ1) is 10.5. The molecule has 0 bridgehead atoms. The third kappa shape index (κ3) is 1.86. The molecule has 4 heteroatoms. The standard InChI is InChI=1S/C12H11FN2O/c1-8-3-4-9(13)7-10(8)12(16)11-5-6-15(2)14-11/h3-7H,1-2H3. The number of benzene rings is 1. The highest BCUT2D eigenvalue weighted by atomic mass is 19.1. The Hall–Kier alpha value is -1.97. The van der Waals surface area contributed by atoms with Crippen molar-refractivity contribution >= 4 is 5.78 Å². The number of carbonyl (C=O) groups is 1. The van der Waals surface area contributed by atoms with Gasteiger partial charge in [0.05, 0.1) is 0 Å². The summed E-state index contributed by atoms with van der Waals surface area (Å²) in [5, 5.41) is 4.00. The van der Waals surface area contributed by atoms with Gasteiger partial charge in [-0.05, 0) is 30.7 Å². The summed E-state index contributed by atoms with van der Waals surface area (Å²) in [5.74, 6) is -0.664. The van der Waals surface area contributed by atoms with Crippen molar-refractivity contribution in [1.82, 2.24) is 9.78 Å². The molecule has 0 N–H and O–H groups in total. The van der Waals surface area contributed by atoms with E-state index in [1.54, 1.807) is 37.0 Å². The summed E-state index contributed by atoms with van der Waals surface area (Å²) in [7, 11) is 1.73. The fourth-order valence-corrected chi connectivity index (χ4v) is 1.51. The molecule has 0 aliphatic heterocycles. The lowest BCUT2D eigenvalue weighted by atomic mass is 10.0. The molecule has 1 heterocycles. The fourth-order valence-electron chi connectivity index (χ4n) is 1.51. The maximum Gasteiger partial charge on any atom is 0.213 e. The summed E-state index contributed by atoms with van der Waals surface area (Å²) in [6.45, 7) is 1.77. The number of ketones is 1. The highest BCUT2D eigenvalue weighted by molar-refractivity contribution is 6.08. The molecule has 0 saturated heterocycles. The molecule has 0 atom stereocenters. The Morgan fingerprint density at radius 2 is 2.12 bits per heavy atom.